The molecule has 2 aliphatic rings. The van der Waals surface area contributed by atoms with Crippen molar-refractivity contribution in [2.24, 2.45) is 4.99 Å². The van der Waals surface area contributed by atoms with Crippen LogP contribution in [0.4, 0.5) is 4.39 Å². The van der Waals surface area contributed by atoms with Crippen LogP contribution in [-0.2, 0) is 5.41 Å². The van der Waals surface area contributed by atoms with Crippen LogP contribution in [0, 0.1) is 5.82 Å². The maximum absolute atomic E-state index is 13.5. The number of piperazine rings is 1. The highest BCUT2D eigenvalue weighted by molar-refractivity contribution is 14.0. The molecular formula is C21H35FIN5. The lowest BCUT2D eigenvalue weighted by Crippen LogP contribution is -2.45. The number of hydrogen-bond donors (Lipinski definition) is 2. The zero-order valence-electron chi connectivity index (χ0n) is 17.2. The SMILES string of the molecule is CN=C(NCCCCN1CCN(C)CC1)NCC1(c2cccc(F)c2)CC1.I. The number of benzene rings is 1. The molecule has 7 heteroatoms. The largest absolute Gasteiger partial charge is 0.356 e. The van der Waals surface area contributed by atoms with Crippen molar-refractivity contribution in [3.63, 3.8) is 0 Å². The maximum atomic E-state index is 13.5. The first-order valence-corrected chi connectivity index (χ1v) is 10.2. The Balaban J connectivity index is 0.00000280. The third kappa shape index (κ3) is 6.84. The first-order valence-electron chi connectivity index (χ1n) is 10.2. The van der Waals surface area contributed by atoms with E-state index < -0.39 is 0 Å². The Morgan fingerprint density at radius 1 is 1.14 bits per heavy atom. The standard InChI is InChI=1S/C21H34FN5.HI/c1-23-20(24-10-3-4-11-27-14-12-26(2)13-15-27)25-17-21(8-9-21)18-6-5-7-19(22)16-18;/h5-7,16H,3-4,8-15,17H2,1-2H3,(H2,23,24,25);1H. The van der Waals surface area contributed by atoms with Crippen molar-refractivity contribution in [2.75, 3.05) is 59.9 Å². The monoisotopic (exact) mass is 503 g/mol. The number of unbranched alkanes of at least 4 members (excludes halogenated alkanes) is 1. The zero-order valence-corrected chi connectivity index (χ0v) is 19.5. The van der Waals surface area contributed by atoms with Crippen molar-refractivity contribution in [2.45, 2.75) is 31.1 Å². The number of nitrogens with zero attached hydrogens (tertiary/aromatic N) is 3. The first kappa shape index (κ1) is 23.3. The summed E-state index contributed by atoms with van der Waals surface area (Å²) in [6.45, 7) is 7.66. The molecule has 5 nitrogen and oxygen atoms in total. The summed E-state index contributed by atoms with van der Waals surface area (Å²) in [5.41, 5.74) is 1.17. The molecule has 1 saturated carbocycles. The number of likely N-dealkylation sites (N-methyl/N-ethyl adjacent to an activating group) is 1. The molecule has 2 N–H and O–H groups in total. The summed E-state index contributed by atoms with van der Waals surface area (Å²) < 4.78 is 13.5. The third-order valence-electron chi connectivity index (χ3n) is 5.90. The Kier molecular flexibility index (Phi) is 9.43. The third-order valence-corrected chi connectivity index (χ3v) is 5.90. The second kappa shape index (κ2) is 11.3. The fraction of sp³-hybridized carbons (Fsp3) is 0.667. The number of nitrogens with one attached hydrogen (secondary N) is 2. The van der Waals surface area contributed by atoms with E-state index in [1.165, 1.54) is 45.2 Å². The van der Waals surface area contributed by atoms with Gasteiger partial charge in [-0.3, -0.25) is 4.99 Å². The van der Waals surface area contributed by atoms with Crippen LogP contribution in [0.2, 0.25) is 0 Å². The second-order valence-electron chi connectivity index (χ2n) is 8.00. The quantitative estimate of drug-likeness (QED) is 0.248. The smallest absolute Gasteiger partial charge is 0.191 e. The maximum Gasteiger partial charge on any atom is 0.191 e. The molecule has 1 aliphatic heterocycles. The molecule has 2 fully saturated rings. The van der Waals surface area contributed by atoms with Gasteiger partial charge in [0.25, 0.3) is 0 Å². The van der Waals surface area contributed by atoms with Crippen molar-refractivity contribution in [3.05, 3.63) is 35.6 Å². The van der Waals surface area contributed by atoms with E-state index in [1.54, 1.807) is 19.2 Å². The topological polar surface area (TPSA) is 42.9 Å². The van der Waals surface area contributed by atoms with E-state index in [4.69, 9.17) is 0 Å². The predicted molar refractivity (Wildman–Crippen MR) is 125 cm³/mol. The molecule has 158 valence electrons. The van der Waals surface area contributed by atoms with Gasteiger partial charge in [-0.25, -0.2) is 4.39 Å². The van der Waals surface area contributed by atoms with Gasteiger partial charge in [0.2, 0.25) is 0 Å². The molecular weight excluding hydrogens is 468 g/mol. The predicted octanol–water partition coefficient (Wildman–Crippen LogP) is 2.67. The summed E-state index contributed by atoms with van der Waals surface area (Å²) in [6, 6.07) is 7.02. The Hall–Kier alpha value is -0.930. The van der Waals surface area contributed by atoms with Crippen LogP contribution in [0.1, 0.15) is 31.2 Å². The van der Waals surface area contributed by atoms with E-state index in [1.807, 2.05) is 6.07 Å². The van der Waals surface area contributed by atoms with Gasteiger partial charge < -0.3 is 20.4 Å². The number of rotatable bonds is 8. The highest BCUT2D eigenvalue weighted by atomic mass is 127. The van der Waals surface area contributed by atoms with Crippen LogP contribution in [0.3, 0.4) is 0 Å². The number of hydrogen-bond acceptors (Lipinski definition) is 3. The summed E-state index contributed by atoms with van der Waals surface area (Å²) in [6.07, 6.45) is 4.56. The molecule has 3 rings (SSSR count). The van der Waals surface area contributed by atoms with E-state index in [9.17, 15) is 4.39 Å². The number of halogens is 2. The van der Waals surface area contributed by atoms with Gasteiger partial charge in [-0.1, -0.05) is 12.1 Å². The van der Waals surface area contributed by atoms with Gasteiger partial charge in [-0.05, 0) is 57.0 Å². The van der Waals surface area contributed by atoms with Crippen LogP contribution in [0.15, 0.2) is 29.3 Å². The average molecular weight is 503 g/mol. The molecule has 1 aliphatic carbocycles. The normalized spacial score (nSPS) is 19.8. The molecule has 0 unspecified atom stereocenters. The lowest BCUT2D eigenvalue weighted by atomic mass is 9.96. The molecule has 1 aromatic carbocycles. The average Bonchev–Trinajstić information content (AvgIpc) is 3.47. The van der Waals surface area contributed by atoms with Crippen LogP contribution in [-0.4, -0.2) is 75.7 Å². The van der Waals surface area contributed by atoms with E-state index in [0.29, 0.717) is 0 Å². The van der Waals surface area contributed by atoms with E-state index >= 15 is 0 Å². The molecule has 0 aromatic heterocycles. The summed E-state index contributed by atoms with van der Waals surface area (Å²) in [7, 11) is 4.00. The van der Waals surface area contributed by atoms with E-state index in [0.717, 1.165) is 43.9 Å². The van der Waals surface area contributed by atoms with E-state index in [2.05, 4.69) is 32.5 Å². The van der Waals surface area contributed by atoms with Crippen LogP contribution < -0.4 is 10.6 Å². The van der Waals surface area contributed by atoms with Gasteiger partial charge in [0.05, 0.1) is 0 Å². The van der Waals surface area contributed by atoms with Crippen molar-refractivity contribution in [1.29, 1.82) is 0 Å². The number of guanidine groups is 1. The van der Waals surface area contributed by atoms with Crippen LogP contribution in [0.5, 0.6) is 0 Å². The summed E-state index contributed by atoms with van der Waals surface area (Å²) in [5.74, 6) is 0.693. The molecule has 0 spiro atoms. The Morgan fingerprint density at radius 3 is 2.54 bits per heavy atom. The minimum absolute atomic E-state index is 0. The van der Waals surface area contributed by atoms with E-state index in [-0.39, 0.29) is 35.2 Å². The lowest BCUT2D eigenvalue weighted by molar-refractivity contribution is 0.152. The minimum atomic E-state index is -0.151. The number of aliphatic imine (C=N–C) groups is 1. The molecule has 0 radical (unpaired) electrons. The second-order valence-corrected chi connectivity index (χ2v) is 8.00. The summed E-state index contributed by atoms with van der Waals surface area (Å²) in [5, 5.41) is 6.85. The summed E-state index contributed by atoms with van der Waals surface area (Å²) >= 11 is 0. The van der Waals surface area contributed by atoms with Gasteiger partial charge in [0, 0.05) is 51.7 Å². The van der Waals surface area contributed by atoms with Crippen molar-refractivity contribution < 1.29 is 4.39 Å². The van der Waals surface area contributed by atoms with Crippen molar-refractivity contribution in [1.82, 2.24) is 20.4 Å². The Labute approximate surface area is 186 Å². The highest BCUT2D eigenvalue weighted by Gasteiger charge is 2.44. The van der Waals surface area contributed by atoms with Gasteiger partial charge >= 0.3 is 0 Å². The van der Waals surface area contributed by atoms with Crippen LogP contribution in [0.25, 0.3) is 0 Å². The van der Waals surface area contributed by atoms with Gasteiger partial charge in [0.1, 0.15) is 5.82 Å². The molecule has 1 aromatic rings. The molecule has 28 heavy (non-hydrogen) atoms. The summed E-state index contributed by atoms with van der Waals surface area (Å²) in [4.78, 5) is 9.28. The molecule has 0 bridgehead atoms. The fourth-order valence-corrected chi connectivity index (χ4v) is 3.75. The lowest BCUT2D eigenvalue weighted by Gasteiger charge is -2.32. The molecule has 0 amide bonds. The Bertz CT molecular complexity index is 627. The van der Waals surface area contributed by atoms with Gasteiger partial charge in [-0.15, -0.1) is 24.0 Å². The van der Waals surface area contributed by atoms with Crippen molar-refractivity contribution >= 4 is 29.9 Å². The van der Waals surface area contributed by atoms with Crippen LogP contribution >= 0.6 is 24.0 Å². The van der Waals surface area contributed by atoms with Gasteiger partial charge in [0.15, 0.2) is 5.96 Å². The highest BCUT2D eigenvalue weighted by Crippen LogP contribution is 2.47. The Morgan fingerprint density at radius 2 is 1.89 bits per heavy atom. The molecule has 1 heterocycles. The molecule has 1 saturated heterocycles. The molecule has 0 atom stereocenters. The van der Waals surface area contributed by atoms with Gasteiger partial charge in [-0.2, -0.15) is 0 Å². The zero-order chi connectivity index (χ0) is 19.1. The first-order chi connectivity index (χ1) is 13.1. The van der Waals surface area contributed by atoms with Crippen molar-refractivity contribution in [3.8, 4) is 0 Å². The fourth-order valence-electron chi connectivity index (χ4n) is 3.75. The minimum Gasteiger partial charge on any atom is -0.356 e.